The van der Waals surface area contributed by atoms with Crippen LogP contribution < -0.4 is 4.74 Å². The van der Waals surface area contributed by atoms with Gasteiger partial charge in [-0.3, -0.25) is 4.79 Å². The second-order valence-corrected chi connectivity index (χ2v) is 6.11. The zero-order valence-electron chi connectivity index (χ0n) is 13.9. The van der Waals surface area contributed by atoms with E-state index in [4.69, 9.17) is 21.6 Å². The molecule has 0 saturated carbocycles. The summed E-state index contributed by atoms with van der Waals surface area (Å²) in [6.45, 7) is 4.04. The maximum absolute atomic E-state index is 12.5. The third-order valence-electron chi connectivity index (χ3n) is 3.59. The van der Waals surface area contributed by atoms with Gasteiger partial charge in [-0.2, -0.15) is 5.26 Å². The Kier molecular flexibility index (Phi) is 5.83. The molecule has 24 heavy (non-hydrogen) atoms. The van der Waals surface area contributed by atoms with Gasteiger partial charge < -0.3 is 9.64 Å². The first-order chi connectivity index (χ1) is 11.4. The highest BCUT2D eigenvalue weighted by Crippen LogP contribution is 2.26. The molecule has 2 aromatic rings. The molecule has 0 spiro atoms. The molecule has 0 aliphatic carbocycles. The number of rotatable bonds is 5. The molecule has 0 fully saturated rings. The molecule has 0 aliphatic heterocycles. The number of hydrogen-bond donors (Lipinski definition) is 0. The van der Waals surface area contributed by atoms with Gasteiger partial charge in [-0.1, -0.05) is 29.8 Å². The second kappa shape index (κ2) is 7.85. The molecule has 1 atom stereocenters. The first kappa shape index (κ1) is 17.8. The van der Waals surface area contributed by atoms with Gasteiger partial charge in [-0.15, -0.1) is 0 Å². The normalized spacial score (nSPS) is 11.5. The Hall–Kier alpha value is -2.51. The Labute approximate surface area is 147 Å². The van der Waals surface area contributed by atoms with Crippen molar-refractivity contribution in [2.45, 2.75) is 26.5 Å². The number of carbonyl (C=O) groups excluding carboxylic acids is 1. The highest BCUT2D eigenvalue weighted by molar-refractivity contribution is 6.32. The van der Waals surface area contributed by atoms with E-state index >= 15 is 0 Å². The summed E-state index contributed by atoms with van der Waals surface area (Å²) in [5.41, 5.74) is 2.48. The van der Waals surface area contributed by atoms with Crippen molar-refractivity contribution in [3.05, 3.63) is 64.2 Å². The lowest BCUT2D eigenvalue weighted by Gasteiger charge is -2.23. The Bertz CT molecular complexity index is 783. The van der Waals surface area contributed by atoms with Gasteiger partial charge in [0.25, 0.3) is 5.91 Å². The number of hydrogen-bond acceptors (Lipinski definition) is 3. The number of ether oxygens (including phenoxy) is 1. The van der Waals surface area contributed by atoms with Crippen molar-refractivity contribution in [1.82, 2.24) is 4.90 Å². The molecule has 1 amide bonds. The number of nitrogens with zero attached hydrogens (tertiary/aromatic N) is 2. The summed E-state index contributed by atoms with van der Waals surface area (Å²) >= 11 is 6.11. The number of carbonyl (C=O) groups is 1. The van der Waals surface area contributed by atoms with E-state index < -0.39 is 6.10 Å². The van der Waals surface area contributed by atoms with Gasteiger partial charge in [-0.05, 0) is 49.2 Å². The molecule has 0 heterocycles. The minimum Gasteiger partial charge on any atom is -0.479 e. The van der Waals surface area contributed by atoms with Crippen LogP contribution in [0.15, 0.2) is 42.5 Å². The fourth-order valence-electron chi connectivity index (χ4n) is 2.34. The standard InChI is InChI=1S/C19H19ClN2O2/c1-13-7-8-17(20)18(9-13)24-14(2)19(23)22(3)12-16-6-4-5-15(10-16)11-21/h4-10,14H,12H2,1-3H3. The molecule has 0 saturated heterocycles. The molecule has 4 nitrogen and oxygen atoms in total. The first-order valence-electron chi connectivity index (χ1n) is 7.57. The van der Waals surface area contributed by atoms with Gasteiger partial charge >= 0.3 is 0 Å². The highest BCUT2D eigenvalue weighted by atomic mass is 35.5. The van der Waals surface area contributed by atoms with Crippen LogP contribution in [-0.4, -0.2) is 24.0 Å². The Morgan fingerprint density at radius 3 is 2.79 bits per heavy atom. The molecule has 1 unspecified atom stereocenters. The maximum Gasteiger partial charge on any atom is 0.263 e. The summed E-state index contributed by atoms with van der Waals surface area (Å²) in [6, 6.07) is 14.7. The fraction of sp³-hybridized carbons (Fsp3) is 0.263. The van der Waals surface area contributed by atoms with Gasteiger partial charge in [0.15, 0.2) is 6.10 Å². The molecule has 0 aromatic heterocycles. The van der Waals surface area contributed by atoms with E-state index in [0.717, 1.165) is 11.1 Å². The van der Waals surface area contributed by atoms with Crippen molar-refractivity contribution in [3.63, 3.8) is 0 Å². The molecule has 2 aromatic carbocycles. The predicted octanol–water partition coefficient (Wildman–Crippen LogP) is 3.95. The summed E-state index contributed by atoms with van der Waals surface area (Å²) < 4.78 is 5.72. The number of benzene rings is 2. The molecular formula is C19H19ClN2O2. The molecule has 0 bridgehead atoms. The summed E-state index contributed by atoms with van der Waals surface area (Å²) in [4.78, 5) is 14.1. The predicted molar refractivity (Wildman–Crippen MR) is 93.9 cm³/mol. The zero-order valence-corrected chi connectivity index (χ0v) is 14.7. The summed E-state index contributed by atoms with van der Waals surface area (Å²) in [7, 11) is 1.71. The fourth-order valence-corrected chi connectivity index (χ4v) is 2.51. The van der Waals surface area contributed by atoms with Crippen LogP contribution in [0.1, 0.15) is 23.6 Å². The summed E-state index contributed by atoms with van der Waals surface area (Å²) in [5.74, 6) is 0.340. The van der Waals surface area contributed by atoms with Gasteiger partial charge in [-0.25, -0.2) is 0 Å². The molecule has 0 aliphatic rings. The van der Waals surface area contributed by atoms with Crippen molar-refractivity contribution in [1.29, 1.82) is 5.26 Å². The topological polar surface area (TPSA) is 53.3 Å². The van der Waals surface area contributed by atoms with Crippen LogP contribution in [0, 0.1) is 18.3 Å². The second-order valence-electron chi connectivity index (χ2n) is 5.70. The highest BCUT2D eigenvalue weighted by Gasteiger charge is 2.20. The largest absolute Gasteiger partial charge is 0.479 e. The molecule has 0 N–H and O–H groups in total. The smallest absolute Gasteiger partial charge is 0.263 e. The first-order valence-corrected chi connectivity index (χ1v) is 7.95. The summed E-state index contributed by atoms with van der Waals surface area (Å²) in [5, 5.41) is 9.42. The van der Waals surface area contributed by atoms with E-state index in [1.165, 1.54) is 0 Å². The third-order valence-corrected chi connectivity index (χ3v) is 3.90. The van der Waals surface area contributed by atoms with Crippen LogP contribution in [0.2, 0.25) is 5.02 Å². The van der Waals surface area contributed by atoms with Gasteiger partial charge in [0.05, 0.1) is 16.7 Å². The number of nitriles is 1. The average Bonchev–Trinajstić information content (AvgIpc) is 2.57. The van der Waals surface area contributed by atoms with Crippen molar-refractivity contribution >= 4 is 17.5 Å². The van der Waals surface area contributed by atoms with E-state index in [-0.39, 0.29) is 5.91 Å². The number of likely N-dealkylation sites (N-methyl/N-ethyl adjacent to an activating group) is 1. The molecule has 124 valence electrons. The minimum absolute atomic E-state index is 0.157. The quantitative estimate of drug-likeness (QED) is 0.826. The maximum atomic E-state index is 12.5. The van der Waals surface area contributed by atoms with Gasteiger partial charge in [0.2, 0.25) is 0 Å². The van der Waals surface area contributed by atoms with E-state index in [1.807, 2.05) is 25.1 Å². The van der Waals surface area contributed by atoms with Crippen LogP contribution in [-0.2, 0) is 11.3 Å². The van der Waals surface area contributed by atoms with E-state index in [9.17, 15) is 4.79 Å². The molecular weight excluding hydrogens is 324 g/mol. The number of aryl methyl sites for hydroxylation is 1. The van der Waals surface area contributed by atoms with E-state index in [2.05, 4.69) is 6.07 Å². The zero-order chi connectivity index (χ0) is 17.7. The molecule has 0 radical (unpaired) electrons. The molecule has 2 rings (SSSR count). The van der Waals surface area contributed by atoms with Crippen molar-refractivity contribution in [2.75, 3.05) is 7.05 Å². The van der Waals surface area contributed by atoms with Crippen molar-refractivity contribution in [2.24, 2.45) is 0 Å². The van der Waals surface area contributed by atoms with Gasteiger partial charge in [0.1, 0.15) is 5.75 Å². The summed E-state index contributed by atoms with van der Waals surface area (Å²) in [6.07, 6.45) is -0.659. The Morgan fingerprint density at radius 2 is 2.08 bits per heavy atom. The number of amides is 1. The SMILES string of the molecule is Cc1ccc(Cl)c(OC(C)C(=O)N(C)Cc2cccc(C#N)c2)c1. The lowest BCUT2D eigenvalue weighted by atomic mass is 10.1. The van der Waals surface area contributed by atoms with Crippen LogP contribution in [0.4, 0.5) is 0 Å². The van der Waals surface area contributed by atoms with Gasteiger partial charge in [0, 0.05) is 13.6 Å². The Morgan fingerprint density at radius 1 is 1.33 bits per heavy atom. The lowest BCUT2D eigenvalue weighted by molar-refractivity contribution is -0.137. The van der Waals surface area contributed by atoms with E-state index in [1.54, 1.807) is 43.1 Å². The number of halogens is 1. The van der Waals surface area contributed by atoms with Crippen LogP contribution in [0.5, 0.6) is 5.75 Å². The van der Waals surface area contributed by atoms with Crippen molar-refractivity contribution < 1.29 is 9.53 Å². The lowest BCUT2D eigenvalue weighted by Crippen LogP contribution is -2.37. The minimum atomic E-state index is -0.659. The average molecular weight is 343 g/mol. The van der Waals surface area contributed by atoms with Crippen LogP contribution in [0.25, 0.3) is 0 Å². The van der Waals surface area contributed by atoms with Crippen LogP contribution >= 0.6 is 11.6 Å². The Balaban J connectivity index is 2.04. The molecule has 5 heteroatoms. The monoisotopic (exact) mass is 342 g/mol. The van der Waals surface area contributed by atoms with Crippen molar-refractivity contribution in [3.8, 4) is 11.8 Å². The van der Waals surface area contributed by atoms with Crippen LogP contribution in [0.3, 0.4) is 0 Å². The third kappa shape index (κ3) is 4.50. The van der Waals surface area contributed by atoms with E-state index in [0.29, 0.717) is 22.9 Å².